The fraction of sp³-hybridized carbons (Fsp3) is 0.375. The van der Waals surface area contributed by atoms with Crippen molar-refractivity contribution in [3.8, 4) is 5.75 Å². The van der Waals surface area contributed by atoms with Crippen molar-refractivity contribution in [2.75, 3.05) is 17.2 Å². The van der Waals surface area contributed by atoms with Crippen LogP contribution in [0, 0.1) is 0 Å². The molecule has 170 valence electrons. The van der Waals surface area contributed by atoms with Crippen LogP contribution in [0.25, 0.3) is 0 Å². The molecule has 5 N–H and O–H groups in total. The summed E-state index contributed by atoms with van der Waals surface area (Å²) >= 11 is 0. The van der Waals surface area contributed by atoms with Gasteiger partial charge in [0.1, 0.15) is 5.75 Å². The van der Waals surface area contributed by atoms with Crippen molar-refractivity contribution in [3.63, 3.8) is 0 Å². The molecule has 0 saturated carbocycles. The summed E-state index contributed by atoms with van der Waals surface area (Å²) in [5, 5.41) is 27.8. The number of carbonyl (C=O) groups excluding carboxylic acids is 2. The Morgan fingerprint density at radius 1 is 1.00 bits per heavy atom. The van der Waals surface area contributed by atoms with Crippen LogP contribution in [0.3, 0.4) is 0 Å². The summed E-state index contributed by atoms with van der Waals surface area (Å²) in [5.41, 5.74) is 2.15. The molecule has 32 heavy (non-hydrogen) atoms. The lowest BCUT2D eigenvalue weighted by atomic mass is 10.0. The number of fused-ring (bicyclic) bond motifs is 3. The summed E-state index contributed by atoms with van der Waals surface area (Å²) in [7, 11) is 0. The number of phenols is 1. The largest absolute Gasteiger partial charge is 0.508 e. The highest BCUT2D eigenvalue weighted by Gasteiger charge is 2.20. The lowest BCUT2D eigenvalue weighted by Gasteiger charge is -2.20. The predicted octanol–water partition coefficient (Wildman–Crippen LogP) is 3.52. The van der Waals surface area contributed by atoms with E-state index in [-0.39, 0.29) is 24.0 Å². The van der Waals surface area contributed by atoms with Gasteiger partial charge in [-0.3, -0.25) is 14.4 Å². The first-order chi connectivity index (χ1) is 15.4. The Balaban J connectivity index is 1.78. The van der Waals surface area contributed by atoms with Crippen molar-refractivity contribution in [1.29, 1.82) is 0 Å². The van der Waals surface area contributed by atoms with Crippen molar-refractivity contribution >= 4 is 29.2 Å². The average Bonchev–Trinajstić information content (AvgIpc) is 2.75. The summed E-state index contributed by atoms with van der Waals surface area (Å²) in [6, 6.07) is 11.4. The highest BCUT2D eigenvalue weighted by atomic mass is 16.4. The molecule has 3 rings (SSSR count). The third kappa shape index (κ3) is 6.81. The highest BCUT2D eigenvalue weighted by molar-refractivity contribution is 6.08. The van der Waals surface area contributed by atoms with E-state index in [0.717, 1.165) is 24.8 Å². The number of aromatic hydroxyl groups is 1. The molecule has 0 saturated heterocycles. The normalized spacial score (nSPS) is 16.9. The molecule has 2 aromatic carbocycles. The number of para-hydroxylation sites is 2. The van der Waals surface area contributed by atoms with E-state index in [4.69, 9.17) is 5.11 Å². The number of hydrogen-bond donors (Lipinski definition) is 5. The Kier molecular flexibility index (Phi) is 8.21. The Morgan fingerprint density at radius 2 is 1.75 bits per heavy atom. The van der Waals surface area contributed by atoms with E-state index in [2.05, 4.69) is 16.0 Å². The molecule has 8 nitrogen and oxygen atoms in total. The van der Waals surface area contributed by atoms with Gasteiger partial charge in [-0.05, 0) is 68.1 Å². The second-order valence-electron chi connectivity index (χ2n) is 7.98. The number of aliphatic carboxylic acids is 1. The summed E-state index contributed by atoms with van der Waals surface area (Å²) in [6.45, 7) is 0.589. The molecule has 0 fully saturated rings. The van der Waals surface area contributed by atoms with Gasteiger partial charge in [0.05, 0.1) is 17.4 Å². The lowest BCUT2D eigenvalue weighted by molar-refractivity contribution is -0.137. The van der Waals surface area contributed by atoms with Crippen LogP contribution in [0.4, 0.5) is 11.4 Å². The zero-order valence-corrected chi connectivity index (χ0v) is 17.9. The molecular weight excluding hydrogens is 410 g/mol. The van der Waals surface area contributed by atoms with E-state index < -0.39 is 12.0 Å². The predicted molar refractivity (Wildman–Crippen MR) is 122 cm³/mol. The number of hydrogen-bond acceptors (Lipinski definition) is 5. The van der Waals surface area contributed by atoms with E-state index in [1.54, 1.807) is 36.4 Å². The van der Waals surface area contributed by atoms with E-state index in [0.29, 0.717) is 42.7 Å². The lowest BCUT2D eigenvalue weighted by Crippen LogP contribution is -2.41. The zero-order valence-electron chi connectivity index (χ0n) is 17.9. The highest BCUT2D eigenvalue weighted by Crippen LogP contribution is 2.24. The molecule has 1 heterocycles. The Bertz CT molecular complexity index is 976. The molecule has 1 aliphatic rings. The number of anilines is 2. The number of aryl methyl sites for hydroxylation is 1. The van der Waals surface area contributed by atoms with Crippen molar-refractivity contribution in [1.82, 2.24) is 5.32 Å². The van der Waals surface area contributed by atoms with E-state index in [1.165, 1.54) is 6.07 Å². The van der Waals surface area contributed by atoms with Gasteiger partial charge in [-0.25, -0.2) is 0 Å². The van der Waals surface area contributed by atoms with Crippen LogP contribution in [-0.4, -0.2) is 40.6 Å². The minimum absolute atomic E-state index is 0.0357. The summed E-state index contributed by atoms with van der Waals surface area (Å²) in [5.74, 6) is -1.34. The number of nitrogens with one attached hydrogen (secondary N) is 3. The molecule has 2 bridgehead atoms. The van der Waals surface area contributed by atoms with E-state index in [9.17, 15) is 19.5 Å². The Hall–Kier alpha value is -3.39. The van der Waals surface area contributed by atoms with Gasteiger partial charge in [-0.2, -0.15) is 0 Å². The first kappa shape index (κ1) is 23.3. The van der Waals surface area contributed by atoms with E-state index >= 15 is 0 Å². The van der Waals surface area contributed by atoms with Gasteiger partial charge in [-0.15, -0.1) is 0 Å². The smallest absolute Gasteiger partial charge is 0.303 e. The topological polar surface area (TPSA) is 128 Å². The molecule has 0 unspecified atom stereocenters. The van der Waals surface area contributed by atoms with Gasteiger partial charge in [0.15, 0.2) is 0 Å². The SMILES string of the molecule is O=C(O)CCCCC[C@H]1NCCCc2cc(O)cc(c2)C(=O)Nc2ccccc2NC1=O. The van der Waals surface area contributed by atoms with Gasteiger partial charge in [-0.1, -0.05) is 25.0 Å². The molecule has 1 atom stereocenters. The zero-order chi connectivity index (χ0) is 22.9. The van der Waals surface area contributed by atoms with E-state index in [1.807, 2.05) is 0 Å². The Morgan fingerprint density at radius 3 is 2.50 bits per heavy atom. The maximum absolute atomic E-state index is 13.0. The third-order valence-corrected chi connectivity index (χ3v) is 5.41. The Labute approximate surface area is 187 Å². The monoisotopic (exact) mass is 439 g/mol. The number of carboxylic acids is 1. The maximum Gasteiger partial charge on any atom is 0.303 e. The fourth-order valence-electron chi connectivity index (χ4n) is 3.76. The maximum atomic E-state index is 13.0. The van der Waals surface area contributed by atoms with Crippen LogP contribution in [0.5, 0.6) is 5.75 Å². The van der Waals surface area contributed by atoms with Gasteiger partial charge in [0.2, 0.25) is 5.91 Å². The molecule has 2 aromatic rings. The van der Waals surface area contributed by atoms with Crippen LogP contribution in [-0.2, 0) is 16.0 Å². The second kappa shape index (κ2) is 11.3. The van der Waals surface area contributed by atoms with Gasteiger partial charge in [0, 0.05) is 12.0 Å². The quantitative estimate of drug-likeness (QED) is 0.438. The van der Waals surface area contributed by atoms with Gasteiger partial charge < -0.3 is 26.2 Å². The minimum Gasteiger partial charge on any atom is -0.508 e. The number of rotatable bonds is 6. The minimum atomic E-state index is -0.812. The number of amides is 2. The molecule has 1 aliphatic heterocycles. The molecule has 0 aromatic heterocycles. The molecular formula is C24H29N3O5. The van der Waals surface area contributed by atoms with Crippen LogP contribution in [0.15, 0.2) is 42.5 Å². The molecule has 8 heteroatoms. The first-order valence-corrected chi connectivity index (χ1v) is 10.9. The van der Waals surface area contributed by atoms with Crippen molar-refractivity contribution in [2.24, 2.45) is 0 Å². The molecule has 0 radical (unpaired) electrons. The molecule has 0 aliphatic carbocycles. The first-order valence-electron chi connectivity index (χ1n) is 10.9. The summed E-state index contributed by atoms with van der Waals surface area (Å²) in [6.07, 6.45) is 4.12. The van der Waals surface area contributed by atoms with Crippen molar-refractivity contribution in [2.45, 2.75) is 51.0 Å². The standard InChI is InChI=1S/C24H29N3O5/c28-18-14-16-7-6-12-25-21(10-2-1-3-11-22(29)30)24(32)27-20-9-5-4-8-19(20)26-23(31)17(13-16)15-18/h4-5,8-9,13-15,21,25,28H,1-3,6-7,10-12H2,(H,26,31)(H,27,32)(H,29,30)/t21-/m1/s1. The molecule has 2 amide bonds. The number of carbonyl (C=O) groups is 3. The average molecular weight is 440 g/mol. The second-order valence-corrected chi connectivity index (χ2v) is 7.98. The third-order valence-electron chi connectivity index (χ3n) is 5.41. The van der Waals surface area contributed by atoms with Gasteiger partial charge >= 0.3 is 5.97 Å². The number of phenolic OH excluding ortho intramolecular Hbond substituents is 1. The van der Waals surface area contributed by atoms with Crippen molar-refractivity contribution < 1.29 is 24.6 Å². The number of unbranched alkanes of at least 4 members (excludes halogenated alkanes) is 2. The molecule has 0 spiro atoms. The van der Waals surface area contributed by atoms with Gasteiger partial charge in [0.25, 0.3) is 5.91 Å². The van der Waals surface area contributed by atoms with Crippen LogP contribution < -0.4 is 16.0 Å². The fourth-order valence-corrected chi connectivity index (χ4v) is 3.76. The van der Waals surface area contributed by atoms with Crippen molar-refractivity contribution in [3.05, 3.63) is 53.6 Å². The van der Waals surface area contributed by atoms with Crippen LogP contribution in [0.2, 0.25) is 0 Å². The number of carboxylic acid groups (broad SMARTS) is 1. The number of benzene rings is 2. The van der Waals surface area contributed by atoms with Crippen LogP contribution in [0.1, 0.15) is 54.4 Å². The van der Waals surface area contributed by atoms with Crippen LogP contribution >= 0.6 is 0 Å². The summed E-state index contributed by atoms with van der Waals surface area (Å²) in [4.78, 5) is 36.4. The summed E-state index contributed by atoms with van der Waals surface area (Å²) < 4.78 is 0.